The van der Waals surface area contributed by atoms with E-state index in [9.17, 15) is 0 Å². The fraction of sp³-hybridized carbons (Fsp3) is 0.583. The Kier molecular flexibility index (Phi) is 5.56. The van der Waals surface area contributed by atoms with Crippen molar-refractivity contribution in [3.63, 3.8) is 0 Å². The van der Waals surface area contributed by atoms with Gasteiger partial charge in [0.15, 0.2) is 0 Å². The van der Waals surface area contributed by atoms with Crippen molar-refractivity contribution in [2.24, 2.45) is 0 Å². The molecule has 1 aromatic rings. The predicted octanol–water partition coefficient (Wildman–Crippen LogP) is 2.88. The summed E-state index contributed by atoms with van der Waals surface area (Å²) in [6, 6.07) is 4.35. The molecule has 1 N–H and O–H groups in total. The fourth-order valence-corrected chi connectivity index (χ4v) is 1.40. The van der Waals surface area contributed by atoms with Gasteiger partial charge in [0, 0.05) is 18.8 Å². The Morgan fingerprint density at radius 1 is 1.44 bits per heavy atom. The quantitative estimate of drug-likeness (QED) is 0.777. The molecule has 4 heteroatoms. The number of rotatable bonds is 6. The SMILES string of the molecule is CC(C)N(C)CCCNc1ccc(Cl)cn1. The average Bonchev–Trinajstić information content (AvgIpc) is 2.26. The first-order valence-electron chi connectivity index (χ1n) is 5.65. The van der Waals surface area contributed by atoms with E-state index in [4.69, 9.17) is 11.6 Å². The van der Waals surface area contributed by atoms with E-state index in [1.807, 2.05) is 12.1 Å². The standard InChI is InChI=1S/C12H20ClN3/c1-10(2)16(3)8-4-7-14-12-6-5-11(13)9-15-12/h5-6,9-10H,4,7-8H2,1-3H3,(H,14,15). The molecule has 0 aromatic carbocycles. The molecule has 0 saturated heterocycles. The van der Waals surface area contributed by atoms with E-state index in [-0.39, 0.29) is 0 Å². The lowest BCUT2D eigenvalue weighted by Gasteiger charge is -2.20. The van der Waals surface area contributed by atoms with Crippen molar-refractivity contribution in [2.75, 3.05) is 25.5 Å². The number of hydrogen-bond donors (Lipinski definition) is 1. The molecule has 0 atom stereocenters. The summed E-state index contributed by atoms with van der Waals surface area (Å²) in [5, 5.41) is 3.94. The van der Waals surface area contributed by atoms with Gasteiger partial charge in [-0.25, -0.2) is 4.98 Å². The lowest BCUT2D eigenvalue weighted by atomic mass is 10.3. The first kappa shape index (κ1) is 13.3. The minimum Gasteiger partial charge on any atom is -0.370 e. The van der Waals surface area contributed by atoms with Crippen molar-refractivity contribution in [3.8, 4) is 0 Å². The van der Waals surface area contributed by atoms with Crippen LogP contribution in [0.15, 0.2) is 18.3 Å². The number of aromatic nitrogens is 1. The van der Waals surface area contributed by atoms with Gasteiger partial charge in [-0.1, -0.05) is 11.6 Å². The van der Waals surface area contributed by atoms with Crippen LogP contribution >= 0.6 is 11.6 Å². The Labute approximate surface area is 103 Å². The van der Waals surface area contributed by atoms with Crippen LogP contribution in [0.1, 0.15) is 20.3 Å². The Morgan fingerprint density at radius 2 is 2.19 bits per heavy atom. The third kappa shape index (κ3) is 4.81. The summed E-state index contributed by atoms with van der Waals surface area (Å²) in [6.45, 7) is 6.44. The normalized spacial score (nSPS) is 11.1. The first-order valence-corrected chi connectivity index (χ1v) is 6.03. The minimum atomic E-state index is 0.605. The molecule has 3 nitrogen and oxygen atoms in total. The predicted molar refractivity (Wildman–Crippen MR) is 70.1 cm³/mol. The molecule has 16 heavy (non-hydrogen) atoms. The maximum atomic E-state index is 5.75. The summed E-state index contributed by atoms with van der Waals surface area (Å²) in [4.78, 5) is 6.50. The highest BCUT2D eigenvalue weighted by atomic mass is 35.5. The van der Waals surface area contributed by atoms with Crippen molar-refractivity contribution in [1.29, 1.82) is 0 Å². The lowest BCUT2D eigenvalue weighted by molar-refractivity contribution is 0.273. The molecular weight excluding hydrogens is 222 g/mol. The summed E-state index contributed by atoms with van der Waals surface area (Å²) in [7, 11) is 2.14. The summed E-state index contributed by atoms with van der Waals surface area (Å²) in [5.74, 6) is 0.886. The molecule has 0 aliphatic rings. The van der Waals surface area contributed by atoms with E-state index >= 15 is 0 Å². The second-order valence-electron chi connectivity index (χ2n) is 4.22. The maximum Gasteiger partial charge on any atom is 0.125 e. The van der Waals surface area contributed by atoms with Gasteiger partial charge in [0.2, 0.25) is 0 Å². The number of anilines is 1. The van der Waals surface area contributed by atoms with Gasteiger partial charge in [-0.3, -0.25) is 0 Å². The molecule has 0 saturated carbocycles. The van der Waals surface area contributed by atoms with Crippen molar-refractivity contribution in [1.82, 2.24) is 9.88 Å². The third-order valence-corrected chi connectivity index (χ3v) is 2.83. The molecule has 0 amide bonds. The molecule has 0 unspecified atom stereocenters. The van der Waals surface area contributed by atoms with Crippen LogP contribution in [0.3, 0.4) is 0 Å². The number of halogens is 1. The van der Waals surface area contributed by atoms with Crippen molar-refractivity contribution < 1.29 is 0 Å². The Bertz CT molecular complexity index is 298. The van der Waals surface area contributed by atoms with Crippen LogP contribution in [0.2, 0.25) is 5.02 Å². The van der Waals surface area contributed by atoms with Gasteiger partial charge in [-0.05, 0) is 46.0 Å². The summed E-state index contributed by atoms with van der Waals surface area (Å²) in [6.07, 6.45) is 2.77. The van der Waals surface area contributed by atoms with E-state index in [2.05, 4.69) is 36.1 Å². The zero-order valence-electron chi connectivity index (χ0n) is 10.2. The lowest BCUT2D eigenvalue weighted by Crippen LogP contribution is -2.28. The summed E-state index contributed by atoms with van der Waals surface area (Å²) < 4.78 is 0. The number of pyridine rings is 1. The van der Waals surface area contributed by atoms with Gasteiger partial charge in [-0.2, -0.15) is 0 Å². The molecular formula is C12H20ClN3. The van der Waals surface area contributed by atoms with E-state index in [0.717, 1.165) is 25.3 Å². The van der Waals surface area contributed by atoms with Crippen LogP contribution in [-0.4, -0.2) is 36.1 Å². The van der Waals surface area contributed by atoms with Gasteiger partial charge in [0.05, 0.1) is 5.02 Å². The van der Waals surface area contributed by atoms with Gasteiger partial charge in [0.1, 0.15) is 5.82 Å². The molecule has 0 radical (unpaired) electrons. The molecule has 0 bridgehead atoms. The Morgan fingerprint density at radius 3 is 2.75 bits per heavy atom. The first-order chi connectivity index (χ1) is 7.59. The Balaban J connectivity index is 2.18. The molecule has 1 heterocycles. The van der Waals surface area contributed by atoms with Crippen LogP contribution in [-0.2, 0) is 0 Å². The number of hydrogen-bond acceptors (Lipinski definition) is 3. The zero-order chi connectivity index (χ0) is 12.0. The summed E-state index contributed by atoms with van der Waals surface area (Å²) >= 11 is 5.75. The van der Waals surface area contributed by atoms with Gasteiger partial charge >= 0.3 is 0 Å². The Hall–Kier alpha value is -0.800. The fourth-order valence-electron chi connectivity index (χ4n) is 1.28. The number of nitrogens with one attached hydrogen (secondary N) is 1. The maximum absolute atomic E-state index is 5.75. The number of nitrogens with zero attached hydrogens (tertiary/aromatic N) is 2. The minimum absolute atomic E-state index is 0.605. The third-order valence-electron chi connectivity index (χ3n) is 2.60. The highest BCUT2D eigenvalue weighted by Crippen LogP contribution is 2.09. The monoisotopic (exact) mass is 241 g/mol. The highest BCUT2D eigenvalue weighted by Gasteiger charge is 2.01. The molecule has 90 valence electrons. The van der Waals surface area contributed by atoms with Gasteiger partial charge < -0.3 is 10.2 Å². The van der Waals surface area contributed by atoms with Crippen molar-refractivity contribution in [3.05, 3.63) is 23.4 Å². The van der Waals surface area contributed by atoms with E-state index in [0.29, 0.717) is 11.1 Å². The second-order valence-corrected chi connectivity index (χ2v) is 4.65. The molecule has 1 rings (SSSR count). The smallest absolute Gasteiger partial charge is 0.125 e. The molecule has 0 aliphatic carbocycles. The zero-order valence-corrected chi connectivity index (χ0v) is 11.0. The van der Waals surface area contributed by atoms with Crippen molar-refractivity contribution in [2.45, 2.75) is 26.3 Å². The van der Waals surface area contributed by atoms with E-state index in [1.54, 1.807) is 6.20 Å². The van der Waals surface area contributed by atoms with Crippen LogP contribution < -0.4 is 5.32 Å². The van der Waals surface area contributed by atoms with E-state index < -0.39 is 0 Å². The second kappa shape index (κ2) is 6.71. The van der Waals surface area contributed by atoms with Crippen molar-refractivity contribution >= 4 is 17.4 Å². The van der Waals surface area contributed by atoms with Crippen LogP contribution in [0.5, 0.6) is 0 Å². The van der Waals surface area contributed by atoms with Crippen LogP contribution in [0.25, 0.3) is 0 Å². The molecule has 0 aliphatic heterocycles. The van der Waals surface area contributed by atoms with Crippen LogP contribution in [0.4, 0.5) is 5.82 Å². The summed E-state index contributed by atoms with van der Waals surface area (Å²) in [5.41, 5.74) is 0. The molecule has 1 aromatic heterocycles. The molecule has 0 spiro atoms. The van der Waals surface area contributed by atoms with Gasteiger partial charge in [-0.15, -0.1) is 0 Å². The average molecular weight is 242 g/mol. The highest BCUT2D eigenvalue weighted by molar-refractivity contribution is 6.30. The largest absolute Gasteiger partial charge is 0.370 e. The van der Waals surface area contributed by atoms with E-state index in [1.165, 1.54) is 0 Å². The van der Waals surface area contributed by atoms with Crippen LogP contribution in [0, 0.1) is 0 Å². The van der Waals surface area contributed by atoms with Gasteiger partial charge in [0.25, 0.3) is 0 Å². The molecule has 0 fully saturated rings. The topological polar surface area (TPSA) is 28.2 Å².